The van der Waals surface area contributed by atoms with Crippen molar-refractivity contribution in [3.8, 4) is 28.1 Å². The van der Waals surface area contributed by atoms with E-state index in [2.05, 4.69) is 33.7 Å². The first-order valence-corrected chi connectivity index (χ1v) is 27.2. The van der Waals surface area contributed by atoms with Crippen LogP contribution >= 0.6 is 0 Å². The van der Waals surface area contributed by atoms with Crippen LogP contribution < -0.4 is 15.6 Å². The summed E-state index contributed by atoms with van der Waals surface area (Å²) in [6, 6.07) is 15.0. The van der Waals surface area contributed by atoms with E-state index in [1.807, 2.05) is 61.9 Å². The summed E-state index contributed by atoms with van der Waals surface area (Å²) in [5, 5.41) is 16.3. The number of hydrazine groups is 1. The summed E-state index contributed by atoms with van der Waals surface area (Å²) in [4.78, 5) is 69.5. The molecular formula is C59H71F3N8O8. The number of esters is 1. The monoisotopic (exact) mass is 1080 g/mol. The van der Waals surface area contributed by atoms with Crippen molar-refractivity contribution in [2.75, 3.05) is 72.0 Å². The van der Waals surface area contributed by atoms with Crippen molar-refractivity contribution in [3.05, 3.63) is 101 Å². The number of alkyl halides is 3. The van der Waals surface area contributed by atoms with Crippen molar-refractivity contribution in [3.63, 3.8) is 0 Å². The molecule has 3 saturated heterocycles. The Morgan fingerprint density at radius 2 is 1.74 bits per heavy atom. The number of pyridine rings is 1. The molecule has 0 radical (unpaired) electrons. The first-order chi connectivity index (χ1) is 37.2. The molecule has 4 aliphatic heterocycles. The molecule has 1 aliphatic carbocycles. The minimum atomic E-state index is -4.88. The van der Waals surface area contributed by atoms with Gasteiger partial charge in [-0.3, -0.25) is 29.2 Å². The average Bonchev–Trinajstić information content (AvgIpc) is 4.22. The molecule has 0 spiro atoms. The van der Waals surface area contributed by atoms with Crippen molar-refractivity contribution >= 4 is 40.3 Å². The SMILES string of the molecule is CCn1c2c3c4cc(c(C(F)(F)F)cc41)-c1cc(O)cc(c1)CC(NC(=O)C(C(C)C)N(C)C(=O)C1OCCC1c1ccccc1)C(=O)N1CCCC(N1)C(=O)OCC(C)(C)C3C(OC)c1ncc(N3CCN(C)CC3)cc1-2. The fourth-order valence-corrected chi connectivity index (χ4v) is 12.8. The van der Waals surface area contributed by atoms with Crippen molar-refractivity contribution in [2.45, 2.75) is 115 Å². The summed E-state index contributed by atoms with van der Waals surface area (Å²) < 4.78 is 68.2. The Hall–Kier alpha value is -6.54. The number of aromatic nitrogens is 2. The van der Waals surface area contributed by atoms with Gasteiger partial charge >= 0.3 is 12.1 Å². The van der Waals surface area contributed by atoms with E-state index in [1.165, 1.54) is 47.3 Å². The van der Waals surface area contributed by atoms with Gasteiger partial charge in [-0.05, 0) is 97.3 Å². The van der Waals surface area contributed by atoms with Gasteiger partial charge in [0.15, 0.2) is 0 Å². The normalized spacial score (nSPS) is 24.2. The molecule has 416 valence electrons. The van der Waals surface area contributed by atoms with Gasteiger partial charge in [-0.1, -0.05) is 64.1 Å². The van der Waals surface area contributed by atoms with Crippen LogP contribution in [0.15, 0.2) is 72.9 Å². The first kappa shape index (κ1) is 54.8. The summed E-state index contributed by atoms with van der Waals surface area (Å²) in [6.45, 7) is 13.2. The molecule has 19 heteroatoms. The van der Waals surface area contributed by atoms with Crippen LogP contribution in [0.1, 0.15) is 99.8 Å². The minimum Gasteiger partial charge on any atom is -0.508 e. The number of aromatic hydroxyl groups is 1. The van der Waals surface area contributed by atoms with E-state index in [4.69, 9.17) is 19.2 Å². The molecule has 10 rings (SSSR count). The number of cyclic esters (lactones) is 1. The quantitative estimate of drug-likeness (QED) is 0.123. The molecule has 7 atom stereocenters. The van der Waals surface area contributed by atoms with Gasteiger partial charge in [0.25, 0.3) is 11.8 Å². The van der Waals surface area contributed by atoms with Crippen molar-refractivity contribution in [2.24, 2.45) is 11.3 Å². The van der Waals surface area contributed by atoms with Gasteiger partial charge in [-0.25, -0.2) is 5.43 Å². The summed E-state index contributed by atoms with van der Waals surface area (Å²) in [5.41, 5.74) is 6.15. The Labute approximate surface area is 453 Å². The van der Waals surface area contributed by atoms with E-state index >= 15 is 18.0 Å². The Bertz CT molecular complexity index is 3100. The number of hydrogen-bond donors (Lipinski definition) is 3. The number of amides is 3. The third kappa shape index (κ3) is 10.2. The number of ether oxygens (including phenoxy) is 3. The number of piperazine rings is 1. The number of aryl methyl sites for hydroxylation is 1. The number of methoxy groups -OCH3 is 1. The number of carbonyl (C=O) groups is 4. The predicted molar refractivity (Wildman–Crippen MR) is 288 cm³/mol. The molecule has 3 fully saturated rings. The van der Waals surface area contributed by atoms with Crippen LogP contribution in [0.2, 0.25) is 0 Å². The fourth-order valence-electron chi connectivity index (χ4n) is 12.8. The van der Waals surface area contributed by atoms with Crippen LogP contribution in [-0.2, 0) is 52.5 Å². The van der Waals surface area contributed by atoms with E-state index < -0.39 is 83.0 Å². The van der Waals surface area contributed by atoms with Crippen LogP contribution in [-0.4, -0.2) is 145 Å². The van der Waals surface area contributed by atoms with Gasteiger partial charge in [0.2, 0.25) is 5.91 Å². The van der Waals surface area contributed by atoms with E-state index in [-0.39, 0.29) is 47.9 Å². The number of benzene rings is 3. The Balaban J connectivity index is 1.11. The Morgan fingerprint density at radius 3 is 2.44 bits per heavy atom. The number of hydrogen-bond acceptors (Lipinski definition) is 12. The van der Waals surface area contributed by atoms with Crippen LogP contribution in [0.25, 0.3) is 33.3 Å². The zero-order valence-corrected chi connectivity index (χ0v) is 45.7. The second-order valence-corrected chi connectivity index (χ2v) is 22.8. The Morgan fingerprint density at radius 1 is 1.00 bits per heavy atom. The minimum absolute atomic E-state index is 0.0326. The number of halogens is 3. The molecule has 78 heavy (non-hydrogen) atoms. The van der Waals surface area contributed by atoms with E-state index in [0.29, 0.717) is 54.7 Å². The number of phenolic OH excluding ortho intramolecular Hbond substituents is 1. The summed E-state index contributed by atoms with van der Waals surface area (Å²) in [5.74, 6) is -4.01. The first-order valence-electron chi connectivity index (χ1n) is 27.2. The molecule has 0 saturated carbocycles. The molecule has 16 nitrogen and oxygen atoms in total. The maximum atomic E-state index is 15.9. The van der Waals surface area contributed by atoms with E-state index in [1.54, 1.807) is 21.0 Å². The standard InChI is InChI=1S/C59H71F3N8O8/c1-9-69-46-30-43(59(60,61)62)40-29-41(46)47-48(53(76-8)49-42(51(47)69)28-37(31-63-49)68-21-19-66(6)20-22-68)58(4,5)32-78-57(75)44-16-13-18-70(65-44)55(73)45(26-34-24-36(40)27-38(71)25-34)64-54(72)50(33(2)3)67(7)56(74)52-39(17-23-77-52)35-14-11-10-12-15-35/h10-12,14-15,24-25,27-31,33,39,44-45,48,50,52-53,65,71H,9,13,16-23,26,32H2,1-8H3,(H,64,72). The topological polar surface area (TPSA) is 171 Å². The van der Waals surface area contributed by atoms with Gasteiger partial charge in [0, 0.05) is 100 Å². The highest BCUT2D eigenvalue weighted by atomic mass is 19.4. The van der Waals surface area contributed by atoms with Crippen LogP contribution in [0.3, 0.4) is 0 Å². The zero-order valence-electron chi connectivity index (χ0n) is 45.7. The lowest BCUT2D eigenvalue weighted by atomic mass is 9.67. The van der Waals surface area contributed by atoms with E-state index in [0.717, 1.165) is 48.6 Å². The fraction of sp³-hybridized carbons (Fsp3) is 0.508. The molecular weight excluding hydrogens is 1010 g/mol. The lowest BCUT2D eigenvalue weighted by Gasteiger charge is -2.43. The number of carbonyl (C=O) groups excluding carboxylic acids is 4. The summed E-state index contributed by atoms with van der Waals surface area (Å²) in [6.07, 6.45) is -3.60. The maximum absolute atomic E-state index is 15.9. The van der Waals surface area contributed by atoms with Crippen molar-refractivity contribution < 1.29 is 51.7 Å². The van der Waals surface area contributed by atoms with Crippen molar-refractivity contribution in [1.82, 2.24) is 35.1 Å². The third-order valence-corrected chi connectivity index (χ3v) is 16.8. The van der Waals surface area contributed by atoms with Crippen LogP contribution in [0, 0.1) is 11.3 Å². The smallest absolute Gasteiger partial charge is 0.417 e. The summed E-state index contributed by atoms with van der Waals surface area (Å²) >= 11 is 0. The highest BCUT2D eigenvalue weighted by molar-refractivity contribution is 5.99. The largest absolute Gasteiger partial charge is 0.508 e. The molecule has 2 aromatic heterocycles. The van der Waals surface area contributed by atoms with E-state index in [9.17, 15) is 19.5 Å². The number of nitrogens with one attached hydrogen (secondary N) is 2. The number of likely N-dealkylation sites (N-methyl/N-ethyl adjacent to an activating group) is 2. The molecule has 7 unspecified atom stereocenters. The number of nitrogens with zero attached hydrogens (tertiary/aromatic N) is 6. The van der Waals surface area contributed by atoms with Gasteiger partial charge in [0.05, 0.1) is 35.4 Å². The molecule has 3 N–H and O–H groups in total. The maximum Gasteiger partial charge on any atom is 0.417 e. The molecule has 3 amide bonds. The average molecular weight is 1080 g/mol. The molecule has 5 aliphatic rings. The molecule has 6 bridgehead atoms. The summed E-state index contributed by atoms with van der Waals surface area (Å²) in [7, 11) is 5.20. The highest BCUT2D eigenvalue weighted by Crippen LogP contribution is 2.58. The number of fused-ring (bicyclic) bond motifs is 8. The number of phenols is 1. The number of anilines is 1. The Kier molecular flexibility index (Phi) is 15.2. The third-order valence-electron chi connectivity index (χ3n) is 16.8. The highest BCUT2D eigenvalue weighted by Gasteiger charge is 2.49. The molecule has 6 heterocycles. The van der Waals surface area contributed by atoms with Crippen molar-refractivity contribution in [1.29, 1.82) is 0 Å². The number of rotatable bonds is 9. The lowest BCUT2D eigenvalue weighted by molar-refractivity contribution is -0.156. The van der Waals surface area contributed by atoms with Gasteiger partial charge in [-0.15, -0.1) is 0 Å². The second-order valence-electron chi connectivity index (χ2n) is 22.8. The lowest BCUT2D eigenvalue weighted by Crippen LogP contribution is -2.62. The van der Waals surface area contributed by atoms with Crippen LogP contribution in [0.5, 0.6) is 5.75 Å². The molecule has 3 aromatic carbocycles. The van der Waals surface area contributed by atoms with Gasteiger partial charge in [0.1, 0.15) is 36.1 Å². The molecule has 5 aromatic rings. The van der Waals surface area contributed by atoms with Gasteiger partial charge < -0.3 is 43.9 Å². The van der Waals surface area contributed by atoms with Crippen LogP contribution in [0.4, 0.5) is 18.9 Å². The second kappa shape index (κ2) is 21.6. The predicted octanol–water partition coefficient (Wildman–Crippen LogP) is 7.81. The van der Waals surface area contributed by atoms with Gasteiger partial charge in [-0.2, -0.15) is 13.2 Å². The zero-order chi connectivity index (χ0) is 55.5.